The summed E-state index contributed by atoms with van der Waals surface area (Å²) in [6.45, 7) is 6.66. The van der Waals surface area contributed by atoms with E-state index in [1.54, 1.807) is 0 Å². The number of nitrogens with zero attached hydrogens (tertiary/aromatic N) is 3. The van der Waals surface area contributed by atoms with Crippen LogP contribution in [0.1, 0.15) is 32.2 Å². The minimum atomic E-state index is 0.0124. The lowest BCUT2D eigenvalue weighted by atomic mass is 10.1. The molecule has 0 aliphatic heterocycles. The molecule has 3 heteroatoms. The summed E-state index contributed by atoms with van der Waals surface area (Å²) in [5.74, 6) is 1.10. The van der Waals surface area contributed by atoms with Crippen molar-refractivity contribution in [3.05, 3.63) is 60.2 Å². The van der Waals surface area contributed by atoms with E-state index in [1.165, 1.54) is 11.1 Å². The molecule has 0 fully saturated rings. The van der Waals surface area contributed by atoms with Crippen molar-refractivity contribution in [2.75, 3.05) is 0 Å². The first-order valence-corrected chi connectivity index (χ1v) is 6.91. The average Bonchev–Trinajstić information content (AvgIpc) is 2.77. The first kappa shape index (κ1) is 12.9. The molecular formula is C17H19N3. The minimum Gasteiger partial charge on any atom is -0.322 e. The van der Waals surface area contributed by atoms with Gasteiger partial charge in [-0.2, -0.15) is 0 Å². The van der Waals surface area contributed by atoms with E-state index in [0.29, 0.717) is 0 Å². The van der Waals surface area contributed by atoms with Gasteiger partial charge in [-0.1, -0.05) is 12.1 Å². The fourth-order valence-corrected chi connectivity index (χ4v) is 2.63. The van der Waals surface area contributed by atoms with Crippen molar-refractivity contribution >= 4 is 11.0 Å². The molecule has 2 heterocycles. The molecule has 0 saturated heterocycles. The molecule has 0 N–H and O–H groups in total. The van der Waals surface area contributed by atoms with Gasteiger partial charge in [0.25, 0.3) is 0 Å². The highest BCUT2D eigenvalue weighted by atomic mass is 15.1. The Morgan fingerprint density at radius 2 is 1.70 bits per heavy atom. The number of rotatable bonds is 2. The zero-order valence-corrected chi connectivity index (χ0v) is 12.2. The van der Waals surface area contributed by atoms with E-state index in [-0.39, 0.29) is 5.54 Å². The van der Waals surface area contributed by atoms with E-state index in [4.69, 9.17) is 4.98 Å². The largest absolute Gasteiger partial charge is 0.322 e. The maximum absolute atomic E-state index is 4.82. The molecule has 3 aromatic rings. The Hall–Kier alpha value is -2.16. The van der Waals surface area contributed by atoms with Gasteiger partial charge in [0.2, 0.25) is 0 Å². The van der Waals surface area contributed by atoms with E-state index in [1.807, 2.05) is 30.6 Å². The number of aromatic nitrogens is 3. The average molecular weight is 265 g/mol. The van der Waals surface area contributed by atoms with E-state index in [2.05, 4.69) is 48.5 Å². The Morgan fingerprint density at radius 1 is 1.00 bits per heavy atom. The monoisotopic (exact) mass is 265 g/mol. The molecule has 0 spiro atoms. The zero-order chi connectivity index (χ0) is 14.2. The fourth-order valence-electron chi connectivity index (χ4n) is 2.63. The molecule has 0 unspecified atom stereocenters. The zero-order valence-electron chi connectivity index (χ0n) is 12.2. The number of para-hydroxylation sites is 2. The second-order valence-corrected chi connectivity index (χ2v) is 6.06. The van der Waals surface area contributed by atoms with Gasteiger partial charge in [0.15, 0.2) is 0 Å². The lowest BCUT2D eigenvalue weighted by Gasteiger charge is -2.24. The van der Waals surface area contributed by atoms with Crippen LogP contribution in [0, 0.1) is 0 Å². The van der Waals surface area contributed by atoms with Gasteiger partial charge in [-0.05, 0) is 50.6 Å². The summed E-state index contributed by atoms with van der Waals surface area (Å²) in [4.78, 5) is 8.89. The van der Waals surface area contributed by atoms with E-state index in [0.717, 1.165) is 17.8 Å². The number of benzene rings is 1. The quantitative estimate of drug-likeness (QED) is 0.706. The first-order valence-electron chi connectivity index (χ1n) is 6.91. The topological polar surface area (TPSA) is 30.7 Å². The molecule has 0 atom stereocenters. The standard InChI is InChI=1S/C17H19N3/c1-17(2,3)20-15-7-5-4-6-14(15)19-16(20)12-13-8-10-18-11-9-13/h4-11H,12H2,1-3H3. The number of hydrogen-bond acceptors (Lipinski definition) is 2. The second kappa shape index (κ2) is 4.75. The number of fused-ring (bicyclic) bond motifs is 1. The highest BCUT2D eigenvalue weighted by Gasteiger charge is 2.21. The summed E-state index contributed by atoms with van der Waals surface area (Å²) in [6, 6.07) is 12.4. The molecule has 0 amide bonds. The molecule has 3 rings (SSSR count). The van der Waals surface area contributed by atoms with Crippen molar-refractivity contribution in [2.24, 2.45) is 0 Å². The molecular weight excluding hydrogens is 246 g/mol. The van der Waals surface area contributed by atoms with Crippen molar-refractivity contribution in [3.63, 3.8) is 0 Å². The van der Waals surface area contributed by atoms with Crippen LogP contribution in [0.5, 0.6) is 0 Å². The number of imidazole rings is 1. The van der Waals surface area contributed by atoms with Crippen molar-refractivity contribution < 1.29 is 0 Å². The second-order valence-electron chi connectivity index (χ2n) is 6.06. The van der Waals surface area contributed by atoms with Crippen LogP contribution in [0.4, 0.5) is 0 Å². The van der Waals surface area contributed by atoms with E-state index < -0.39 is 0 Å². The number of hydrogen-bond donors (Lipinski definition) is 0. The lowest BCUT2D eigenvalue weighted by molar-refractivity contribution is 0.396. The summed E-state index contributed by atoms with van der Waals surface area (Å²) < 4.78 is 2.34. The summed E-state index contributed by atoms with van der Waals surface area (Å²) in [5, 5.41) is 0. The predicted molar refractivity (Wildman–Crippen MR) is 81.8 cm³/mol. The molecule has 0 aliphatic rings. The third kappa shape index (κ3) is 2.31. The van der Waals surface area contributed by atoms with Crippen molar-refractivity contribution in [1.29, 1.82) is 0 Å². The van der Waals surface area contributed by atoms with Crippen LogP contribution in [-0.4, -0.2) is 14.5 Å². The van der Waals surface area contributed by atoms with Crippen LogP contribution >= 0.6 is 0 Å². The first-order chi connectivity index (χ1) is 9.55. The lowest BCUT2D eigenvalue weighted by Crippen LogP contribution is -2.24. The Balaban J connectivity index is 2.15. The van der Waals surface area contributed by atoms with Gasteiger partial charge in [-0.15, -0.1) is 0 Å². The normalized spacial score (nSPS) is 11.9. The molecule has 0 bridgehead atoms. The maximum Gasteiger partial charge on any atom is 0.114 e. The van der Waals surface area contributed by atoms with Crippen molar-refractivity contribution in [1.82, 2.24) is 14.5 Å². The molecule has 20 heavy (non-hydrogen) atoms. The van der Waals surface area contributed by atoms with Gasteiger partial charge in [0.05, 0.1) is 11.0 Å². The summed E-state index contributed by atoms with van der Waals surface area (Å²) >= 11 is 0. The fraction of sp³-hybridized carbons (Fsp3) is 0.294. The third-order valence-electron chi connectivity index (χ3n) is 3.41. The molecule has 1 aromatic carbocycles. The predicted octanol–water partition coefficient (Wildman–Crippen LogP) is 3.78. The Morgan fingerprint density at radius 3 is 2.40 bits per heavy atom. The summed E-state index contributed by atoms with van der Waals surface area (Å²) in [5.41, 5.74) is 3.51. The highest BCUT2D eigenvalue weighted by molar-refractivity contribution is 5.76. The van der Waals surface area contributed by atoms with Crippen molar-refractivity contribution in [3.8, 4) is 0 Å². The maximum atomic E-state index is 4.82. The molecule has 0 aliphatic carbocycles. The van der Waals surface area contributed by atoms with E-state index in [9.17, 15) is 0 Å². The van der Waals surface area contributed by atoms with Crippen LogP contribution in [-0.2, 0) is 12.0 Å². The van der Waals surface area contributed by atoms with Gasteiger partial charge in [-0.25, -0.2) is 4.98 Å². The molecule has 102 valence electrons. The Labute approximate surface area is 119 Å². The van der Waals surface area contributed by atoms with Gasteiger partial charge in [0, 0.05) is 24.4 Å². The Bertz CT molecular complexity index is 721. The van der Waals surface area contributed by atoms with Gasteiger partial charge >= 0.3 is 0 Å². The van der Waals surface area contributed by atoms with Crippen molar-refractivity contribution in [2.45, 2.75) is 32.7 Å². The van der Waals surface area contributed by atoms with Crippen LogP contribution in [0.25, 0.3) is 11.0 Å². The Kier molecular flexibility index (Phi) is 3.05. The van der Waals surface area contributed by atoms with E-state index >= 15 is 0 Å². The van der Waals surface area contributed by atoms with Gasteiger partial charge in [-0.3, -0.25) is 4.98 Å². The van der Waals surface area contributed by atoms with Crippen LogP contribution in [0.3, 0.4) is 0 Å². The van der Waals surface area contributed by atoms with Crippen LogP contribution < -0.4 is 0 Å². The van der Waals surface area contributed by atoms with Gasteiger partial charge < -0.3 is 4.57 Å². The summed E-state index contributed by atoms with van der Waals surface area (Å²) in [7, 11) is 0. The smallest absolute Gasteiger partial charge is 0.114 e. The molecule has 2 aromatic heterocycles. The van der Waals surface area contributed by atoms with Gasteiger partial charge in [0.1, 0.15) is 5.82 Å². The van der Waals surface area contributed by atoms with Crippen LogP contribution in [0.2, 0.25) is 0 Å². The SMILES string of the molecule is CC(C)(C)n1c(Cc2ccncc2)nc2ccccc21. The molecule has 0 saturated carbocycles. The summed E-state index contributed by atoms with van der Waals surface area (Å²) in [6.07, 6.45) is 4.49. The van der Waals surface area contributed by atoms with Crippen LogP contribution in [0.15, 0.2) is 48.8 Å². The molecule has 0 radical (unpaired) electrons. The third-order valence-corrected chi connectivity index (χ3v) is 3.41. The molecule has 3 nitrogen and oxygen atoms in total. The number of pyridine rings is 1. The highest BCUT2D eigenvalue weighted by Crippen LogP contribution is 2.26. The minimum absolute atomic E-state index is 0.0124.